The molecule has 2 aliphatic rings. The number of rotatable bonds is 11. The van der Waals surface area contributed by atoms with Gasteiger partial charge >= 0.3 is 0 Å². The maximum absolute atomic E-state index is 5.51. The Labute approximate surface area is 433 Å². The van der Waals surface area contributed by atoms with Gasteiger partial charge in [-0.25, -0.2) is 0 Å². The van der Waals surface area contributed by atoms with Gasteiger partial charge < -0.3 is 24.5 Å². The van der Waals surface area contributed by atoms with Gasteiger partial charge in [-0.3, -0.25) is 0 Å². The topological polar surface area (TPSA) is 16.2 Å². The van der Waals surface area contributed by atoms with E-state index >= 15 is 0 Å². The minimum atomic E-state index is -0.134. The van der Waals surface area contributed by atoms with Gasteiger partial charge in [0.1, 0.15) is 0 Å². The SMILES string of the molecule is Sc1cc2c(cc1N(c1ccccc1)c1ccc(N(c3ccccc3)c3ccccc3)cc1)B1c3ccccc3N(c3ccccc3)c3cc(N(c4ccccc4)c4ccccc4)cc(c31)N2c1ccccc1. The molecule has 0 fully saturated rings. The molecule has 2 aliphatic heterocycles. The smallest absolute Gasteiger partial charge is 0.252 e. The van der Waals surface area contributed by atoms with Crippen molar-refractivity contribution < 1.29 is 0 Å². The molecule has 0 saturated heterocycles. The number of benzene rings is 11. The van der Waals surface area contributed by atoms with Crippen LogP contribution in [-0.4, -0.2) is 6.71 Å². The largest absolute Gasteiger partial charge is 0.311 e. The quantitative estimate of drug-likeness (QED) is 0.102. The first kappa shape index (κ1) is 43.8. The lowest BCUT2D eigenvalue weighted by Crippen LogP contribution is -2.61. The average Bonchev–Trinajstić information content (AvgIpc) is 3.46. The summed E-state index contributed by atoms with van der Waals surface area (Å²) in [7, 11) is 0. The van der Waals surface area contributed by atoms with Crippen LogP contribution in [0, 0.1) is 0 Å². The zero-order valence-electron chi connectivity index (χ0n) is 39.9. The molecule has 7 heteroatoms. The Morgan fingerprint density at radius 1 is 0.274 bits per heavy atom. The van der Waals surface area contributed by atoms with Crippen molar-refractivity contribution in [2.75, 3.05) is 24.5 Å². The van der Waals surface area contributed by atoms with Gasteiger partial charge in [0.05, 0.1) is 11.4 Å². The predicted octanol–water partition coefficient (Wildman–Crippen LogP) is 16.5. The Morgan fingerprint density at radius 3 is 1.07 bits per heavy atom. The van der Waals surface area contributed by atoms with Crippen molar-refractivity contribution in [3.63, 3.8) is 0 Å². The van der Waals surface area contributed by atoms with Crippen LogP contribution in [0.15, 0.2) is 290 Å². The van der Waals surface area contributed by atoms with E-state index in [-0.39, 0.29) is 6.71 Å². The van der Waals surface area contributed by atoms with Crippen LogP contribution in [0.25, 0.3) is 0 Å². The lowest BCUT2D eigenvalue weighted by Gasteiger charge is -2.45. The third-order valence-corrected chi connectivity index (χ3v) is 14.4. The number of thiol groups is 1. The van der Waals surface area contributed by atoms with Crippen molar-refractivity contribution >= 4 is 121 Å². The highest BCUT2D eigenvalue weighted by Crippen LogP contribution is 2.50. The molecule has 346 valence electrons. The molecule has 0 amide bonds. The van der Waals surface area contributed by atoms with E-state index in [4.69, 9.17) is 12.6 Å². The minimum absolute atomic E-state index is 0.134. The molecule has 0 aromatic heterocycles. The van der Waals surface area contributed by atoms with Crippen LogP contribution in [0.3, 0.4) is 0 Å². The molecule has 5 nitrogen and oxygen atoms in total. The zero-order valence-corrected chi connectivity index (χ0v) is 40.8. The summed E-state index contributed by atoms with van der Waals surface area (Å²) < 4.78 is 0. The predicted molar refractivity (Wildman–Crippen MR) is 312 cm³/mol. The average molecular weight is 954 g/mol. The summed E-state index contributed by atoms with van der Waals surface area (Å²) in [4.78, 5) is 12.8. The zero-order chi connectivity index (χ0) is 48.7. The molecule has 0 atom stereocenters. The van der Waals surface area contributed by atoms with E-state index in [1.165, 1.54) is 16.4 Å². The van der Waals surface area contributed by atoms with Crippen LogP contribution in [-0.2, 0) is 0 Å². The Balaban J connectivity index is 1.05. The van der Waals surface area contributed by atoms with Gasteiger partial charge in [-0.2, -0.15) is 0 Å². The maximum Gasteiger partial charge on any atom is 0.252 e. The van der Waals surface area contributed by atoms with E-state index in [0.29, 0.717) is 0 Å². The molecule has 0 aliphatic carbocycles. The fraction of sp³-hybridized carbons (Fsp3) is 0. The number of nitrogens with zero attached hydrogens (tertiary/aromatic N) is 5. The lowest BCUT2D eigenvalue weighted by molar-refractivity contribution is 1.20. The van der Waals surface area contributed by atoms with Crippen LogP contribution < -0.4 is 40.9 Å². The number of hydrogen-bond donors (Lipinski definition) is 1. The van der Waals surface area contributed by atoms with Crippen LogP contribution in [0.1, 0.15) is 0 Å². The molecule has 0 unspecified atom stereocenters. The Kier molecular flexibility index (Phi) is 11.3. The standard InChI is InChI=1S/C66H48BN5S/c73-65-47-61-59(46-62(65)70(52-32-16-5-17-33-52)56-42-40-55(41-43-56)68(48-24-8-1-9-25-48)49-26-10-2-11-27-49)67-58-38-22-23-39-60(58)71(53-34-18-6-19-35-53)63-44-57(45-64(66(63)67)72(61)54-36-20-7-21-37-54)69(50-28-12-3-13-29-50)51-30-14-4-15-31-51/h1-47,73H. The second-order valence-electron chi connectivity index (χ2n) is 18.3. The van der Waals surface area contributed by atoms with Gasteiger partial charge in [-0.15, -0.1) is 12.6 Å². The summed E-state index contributed by atoms with van der Waals surface area (Å²) in [6, 6.07) is 102. The highest BCUT2D eigenvalue weighted by atomic mass is 32.1. The second kappa shape index (κ2) is 18.9. The molecule has 11 aromatic rings. The van der Waals surface area contributed by atoms with Crippen LogP contribution in [0.5, 0.6) is 0 Å². The van der Waals surface area contributed by atoms with Gasteiger partial charge in [-0.05, 0) is 156 Å². The fourth-order valence-corrected chi connectivity index (χ4v) is 11.2. The van der Waals surface area contributed by atoms with Gasteiger partial charge in [0.25, 0.3) is 6.71 Å². The van der Waals surface area contributed by atoms with Gasteiger partial charge in [0, 0.05) is 78.8 Å². The molecular formula is C66H48BN5S. The van der Waals surface area contributed by atoms with E-state index in [1.807, 2.05) is 0 Å². The van der Waals surface area contributed by atoms with Crippen molar-refractivity contribution in [3.8, 4) is 0 Å². The van der Waals surface area contributed by atoms with E-state index < -0.39 is 0 Å². The van der Waals surface area contributed by atoms with Crippen molar-refractivity contribution in [1.29, 1.82) is 0 Å². The highest BCUT2D eigenvalue weighted by Gasteiger charge is 2.44. The summed E-state index contributed by atoms with van der Waals surface area (Å²) in [5.41, 5.74) is 19.8. The molecule has 0 N–H and O–H groups in total. The normalized spacial score (nSPS) is 12.1. The first-order valence-corrected chi connectivity index (χ1v) is 25.2. The van der Waals surface area contributed by atoms with Gasteiger partial charge in [0.2, 0.25) is 0 Å². The van der Waals surface area contributed by atoms with Crippen LogP contribution in [0.2, 0.25) is 0 Å². The summed E-state index contributed by atoms with van der Waals surface area (Å²) in [6.45, 7) is -0.134. The highest BCUT2D eigenvalue weighted by molar-refractivity contribution is 7.80. The van der Waals surface area contributed by atoms with Crippen LogP contribution in [0.4, 0.5) is 85.3 Å². The third-order valence-electron chi connectivity index (χ3n) is 14.0. The molecule has 73 heavy (non-hydrogen) atoms. The van der Waals surface area contributed by atoms with Crippen LogP contribution >= 0.6 is 12.6 Å². The molecule has 0 spiro atoms. The van der Waals surface area contributed by atoms with Gasteiger partial charge in [0.15, 0.2) is 0 Å². The Bertz CT molecular complexity index is 3620. The molecule has 0 bridgehead atoms. The number of hydrogen-bond acceptors (Lipinski definition) is 6. The second-order valence-corrected chi connectivity index (χ2v) is 18.8. The van der Waals surface area contributed by atoms with E-state index in [0.717, 1.165) is 90.2 Å². The third kappa shape index (κ3) is 7.88. The number of anilines is 15. The van der Waals surface area contributed by atoms with Gasteiger partial charge in [-0.1, -0.05) is 146 Å². The molecular weight excluding hydrogens is 906 g/mol. The van der Waals surface area contributed by atoms with Crippen molar-refractivity contribution in [1.82, 2.24) is 0 Å². The number of fused-ring (bicyclic) bond motifs is 4. The summed E-state index contributed by atoms with van der Waals surface area (Å²) in [5.74, 6) is 0. The summed E-state index contributed by atoms with van der Waals surface area (Å²) in [5, 5.41) is 0. The summed E-state index contributed by atoms with van der Waals surface area (Å²) >= 11 is 5.51. The van der Waals surface area contributed by atoms with Crippen molar-refractivity contribution in [2.24, 2.45) is 0 Å². The molecule has 2 heterocycles. The van der Waals surface area contributed by atoms with E-state index in [9.17, 15) is 0 Å². The first-order chi connectivity index (χ1) is 36.2. The summed E-state index contributed by atoms with van der Waals surface area (Å²) in [6.07, 6.45) is 0. The van der Waals surface area contributed by atoms with E-state index in [2.05, 4.69) is 310 Å². The fourth-order valence-electron chi connectivity index (χ4n) is 10.9. The maximum atomic E-state index is 5.51. The Hall–Kier alpha value is -9.17. The molecule has 0 radical (unpaired) electrons. The number of para-hydroxylation sites is 8. The molecule has 13 rings (SSSR count). The van der Waals surface area contributed by atoms with E-state index in [1.54, 1.807) is 0 Å². The first-order valence-electron chi connectivity index (χ1n) is 24.8. The van der Waals surface area contributed by atoms with Crippen molar-refractivity contribution in [2.45, 2.75) is 4.90 Å². The minimum Gasteiger partial charge on any atom is -0.311 e. The molecule has 0 saturated carbocycles. The monoisotopic (exact) mass is 953 g/mol. The lowest BCUT2D eigenvalue weighted by atomic mass is 9.33. The molecule has 11 aromatic carbocycles. The van der Waals surface area contributed by atoms with Crippen molar-refractivity contribution in [3.05, 3.63) is 285 Å². The Morgan fingerprint density at radius 2 is 0.616 bits per heavy atom.